The average molecular weight is 319 g/mol. The Morgan fingerprint density at radius 1 is 1.27 bits per heavy atom. The Balaban J connectivity index is 1.98. The second-order valence-electron chi connectivity index (χ2n) is 6.25. The van der Waals surface area contributed by atoms with Crippen molar-refractivity contribution in [3.63, 3.8) is 0 Å². The predicted octanol–water partition coefficient (Wildman–Crippen LogP) is 3.54. The van der Waals surface area contributed by atoms with Crippen LogP contribution in [0.5, 0.6) is 0 Å². The van der Waals surface area contributed by atoms with Crippen molar-refractivity contribution in [1.82, 2.24) is 0 Å². The van der Waals surface area contributed by atoms with E-state index in [0.29, 0.717) is 12.2 Å². The number of nitrogens with zero attached hydrogens (tertiary/aromatic N) is 1. The topological polar surface area (TPSA) is 53.3 Å². The molecule has 4 nitrogen and oxygen atoms in total. The van der Waals surface area contributed by atoms with Crippen LogP contribution in [0.25, 0.3) is 0 Å². The van der Waals surface area contributed by atoms with Gasteiger partial charge in [-0.25, -0.2) is 0 Å². The average Bonchev–Trinajstić information content (AvgIpc) is 3.06. The summed E-state index contributed by atoms with van der Waals surface area (Å²) in [6.07, 6.45) is 2.20. The van der Waals surface area contributed by atoms with E-state index in [-0.39, 0.29) is 11.3 Å². The molecule has 1 unspecified atom stereocenters. The maximum Gasteiger partial charge on any atom is 0.162 e. The normalized spacial score (nSPS) is 33.0. The van der Waals surface area contributed by atoms with Crippen LogP contribution < -0.4 is 0 Å². The number of quaternary nitrogens is 1. The highest BCUT2D eigenvalue weighted by Gasteiger charge is 2.50. The Labute approximate surface area is 133 Å². The van der Waals surface area contributed by atoms with Crippen LogP contribution in [0.4, 0.5) is 0 Å². The van der Waals surface area contributed by atoms with E-state index in [0.717, 1.165) is 10.5 Å². The Kier molecular flexibility index (Phi) is 3.97. The molecule has 22 heavy (non-hydrogen) atoms. The van der Waals surface area contributed by atoms with Gasteiger partial charge in [0.15, 0.2) is 11.8 Å². The summed E-state index contributed by atoms with van der Waals surface area (Å²) in [5.74, 6) is 0.632. The van der Waals surface area contributed by atoms with Crippen LogP contribution >= 0.6 is 0 Å². The second kappa shape index (κ2) is 5.65. The monoisotopic (exact) mass is 319 g/mol. The van der Waals surface area contributed by atoms with E-state index in [1.54, 1.807) is 19.4 Å². The van der Waals surface area contributed by atoms with E-state index in [9.17, 15) is 9.42 Å². The Morgan fingerprint density at radius 3 is 2.55 bits per heavy atom. The highest BCUT2D eigenvalue weighted by Crippen LogP contribution is 2.44. The highest BCUT2D eigenvalue weighted by molar-refractivity contribution is 7.85. The predicted molar refractivity (Wildman–Crippen MR) is 86.5 cm³/mol. The molecule has 0 N–H and O–H groups in total. The van der Waals surface area contributed by atoms with Gasteiger partial charge < -0.3 is 14.3 Å². The number of benzene rings is 1. The van der Waals surface area contributed by atoms with Crippen LogP contribution in [0.2, 0.25) is 0 Å². The summed E-state index contributed by atoms with van der Waals surface area (Å²) >= 11 is 0. The SMILES string of the molecule is Cc1ccc(S(=O)[C@H]2C[C@H](C)[N@+](C)([O-])[C@H]2c2ccco2)cc1. The van der Waals surface area contributed by atoms with E-state index in [2.05, 4.69) is 0 Å². The fourth-order valence-electron chi connectivity index (χ4n) is 3.23. The van der Waals surface area contributed by atoms with Gasteiger partial charge in [0.2, 0.25) is 0 Å². The number of hydroxylamine groups is 3. The standard InChI is InChI=1S/C17H21NO3S/c1-12-6-8-14(9-7-12)22(20)16-11-13(2)18(3,19)17(16)15-5-4-10-21-15/h4-10,13,16-17H,11H2,1-3H3/t13-,16-,17-,18-,22?/m0/s1. The number of likely N-dealkylation sites (tertiary alicyclic amines) is 1. The smallest absolute Gasteiger partial charge is 0.162 e. The number of hydrogen-bond donors (Lipinski definition) is 0. The van der Waals surface area contributed by atoms with E-state index in [4.69, 9.17) is 4.42 Å². The number of rotatable bonds is 3. The van der Waals surface area contributed by atoms with E-state index >= 15 is 0 Å². The lowest BCUT2D eigenvalue weighted by Crippen LogP contribution is -2.44. The molecule has 5 heteroatoms. The number of hydrogen-bond acceptors (Lipinski definition) is 3. The first-order valence-corrected chi connectivity index (χ1v) is 8.70. The fourth-order valence-corrected chi connectivity index (χ4v) is 5.04. The largest absolute Gasteiger partial charge is 0.632 e. The van der Waals surface area contributed by atoms with Crippen molar-refractivity contribution in [3.05, 3.63) is 59.2 Å². The summed E-state index contributed by atoms with van der Waals surface area (Å²) < 4.78 is 18.1. The van der Waals surface area contributed by atoms with Crippen molar-refractivity contribution in [1.29, 1.82) is 0 Å². The third-order valence-electron chi connectivity index (χ3n) is 4.72. The van der Waals surface area contributed by atoms with Crippen molar-refractivity contribution in [3.8, 4) is 0 Å². The molecule has 0 amide bonds. The minimum atomic E-state index is -1.22. The first-order valence-electron chi connectivity index (χ1n) is 7.49. The first-order chi connectivity index (χ1) is 10.4. The van der Waals surface area contributed by atoms with Gasteiger partial charge in [-0.3, -0.25) is 4.21 Å². The van der Waals surface area contributed by atoms with Crippen LogP contribution in [0.1, 0.15) is 30.7 Å². The molecular weight excluding hydrogens is 298 g/mol. The van der Waals surface area contributed by atoms with Crippen LogP contribution in [-0.2, 0) is 10.8 Å². The zero-order chi connectivity index (χ0) is 15.9. The summed E-state index contributed by atoms with van der Waals surface area (Å²) in [6, 6.07) is 10.8. The minimum Gasteiger partial charge on any atom is -0.632 e. The third-order valence-corrected chi connectivity index (χ3v) is 6.45. The van der Waals surface area contributed by atoms with Gasteiger partial charge in [0.05, 0.1) is 30.2 Å². The molecule has 0 aliphatic carbocycles. The lowest BCUT2D eigenvalue weighted by molar-refractivity contribution is -0.901. The molecule has 1 aliphatic rings. The molecule has 0 bridgehead atoms. The Hall–Kier alpha value is -1.43. The molecule has 1 saturated heterocycles. The first kappa shape index (κ1) is 15.5. The molecule has 0 saturated carbocycles. The molecule has 1 aromatic heterocycles. The van der Waals surface area contributed by atoms with Gasteiger partial charge in [0, 0.05) is 11.3 Å². The lowest BCUT2D eigenvalue weighted by atomic mass is 10.1. The fraction of sp³-hybridized carbons (Fsp3) is 0.412. The van der Waals surface area contributed by atoms with Crippen LogP contribution in [0, 0.1) is 12.1 Å². The summed E-state index contributed by atoms with van der Waals surface area (Å²) in [7, 11) is 0.432. The summed E-state index contributed by atoms with van der Waals surface area (Å²) in [5, 5.41) is 12.8. The van der Waals surface area contributed by atoms with Crippen LogP contribution in [0.15, 0.2) is 52.0 Å². The van der Waals surface area contributed by atoms with E-state index < -0.39 is 21.5 Å². The van der Waals surface area contributed by atoms with Crippen molar-refractivity contribution in [2.24, 2.45) is 0 Å². The molecule has 2 heterocycles. The molecule has 1 aromatic carbocycles. The highest BCUT2D eigenvalue weighted by atomic mass is 32.2. The summed E-state index contributed by atoms with van der Waals surface area (Å²) in [4.78, 5) is 0.779. The van der Waals surface area contributed by atoms with Gasteiger partial charge in [-0.15, -0.1) is 0 Å². The van der Waals surface area contributed by atoms with E-state index in [1.807, 2.05) is 44.2 Å². The Morgan fingerprint density at radius 2 is 1.95 bits per heavy atom. The molecule has 3 rings (SSSR count). The molecule has 0 spiro atoms. The maximum atomic E-state index is 13.0. The second-order valence-corrected chi connectivity index (χ2v) is 7.92. The van der Waals surface area contributed by atoms with Crippen LogP contribution in [-0.4, -0.2) is 27.2 Å². The van der Waals surface area contributed by atoms with E-state index in [1.165, 1.54) is 0 Å². The maximum absolute atomic E-state index is 13.0. The molecule has 5 atom stereocenters. The molecule has 1 fully saturated rings. The molecular formula is C17H21NO3S. The summed E-state index contributed by atoms with van der Waals surface area (Å²) in [6.45, 7) is 3.93. The van der Waals surface area contributed by atoms with Gasteiger partial charge in [0.25, 0.3) is 0 Å². The third kappa shape index (κ3) is 2.53. The lowest BCUT2D eigenvalue weighted by Gasteiger charge is -2.43. The van der Waals surface area contributed by atoms with Gasteiger partial charge in [-0.05, 0) is 38.1 Å². The number of furan rings is 1. The van der Waals surface area contributed by atoms with Gasteiger partial charge >= 0.3 is 0 Å². The van der Waals surface area contributed by atoms with Crippen molar-refractivity contribution >= 4 is 10.8 Å². The van der Waals surface area contributed by atoms with Gasteiger partial charge in [0.1, 0.15) is 5.25 Å². The van der Waals surface area contributed by atoms with Gasteiger partial charge in [-0.2, -0.15) is 0 Å². The number of aryl methyl sites for hydroxylation is 1. The minimum absolute atomic E-state index is 0.102. The van der Waals surface area contributed by atoms with Gasteiger partial charge in [-0.1, -0.05) is 17.7 Å². The van der Waals surface area contributed by atoms with Crippen LogP contribution in [0.3, 0.4) is 0 Å². The quantitative estimate of drug-likeness (QED) is 0.642. The molecule has 0 radical (unpaired) electrons. The zero-order valence-corrected chi connectivity index (χ0v) is 13.9. The molecule has 2 aromatic rings. The molecule has 1 aliphatic heterocycles. The van der Waals surface area contributed by atoms with Crippen molar-refractivity contribution in [2.75, 3.05) is 7.05 Å². The summed E-state index contributed by atoms with van der Waals surface area (Å²) in [5.41, 5.74) is 1.13. The van der Waals surface area contributed by atoms with Crippen molar-refractivity contribution in [2.45, 2.75) is 42.5 Å². The Bertz CT molecular complexity index is 664. The van der Waals surface area contributed by atoms with Crippen molar-refractivity contribution < 1.29 is 13.3 Å². The molecule has 118 valence electrons. The zero-order valence-electron chi connectivity index (χ0n) is 13.1.